The van der Waals surface area contributed by atoms with Gasteiger partial charge in [0.25, 0.3) is 0 Å². The molecule has 2 aromatic heterocycles. The van der Waals surface area contributed by atoms with E-state index >= 15 is 0 Å². The normalized spacial score (nSPS) is 10.6. The number of nitrogens with one attached hydrogen (secondary N) is 1. The van der Waals surface area contributed by atoms with Crippen molar-refractivity contribution in [3.63, 3.8) is 0 Å². The summed E-state index contributed by atoms with van der Waals surface area (Å²) in [6.07, 6.45) is 0. The van der Waals surface area contributed by atoms with Crippen LogP contribution in [-0.4, -0.2) is 25.0 Å². The van der Waals surface area contributed by atoms with Crippen molar-refractivity contribution in [1.82, 2.24) is 25.0 Å². The van der Waals surface area contributed by atoms with Gasteiger partial charge in [-0.05, 0) is 43.3 Å². The Bertz CT molecular complexity index is 1140. The number of aryl methyl sites for hydroxylation is 1. The number of aromatic amines is 1. The summed E-state index contributed by atoms with van der Waals surface area (Å²) in [6.45, 7) is 2.03. The third-order valence-corrected chi connectivity index (χ3v) is 4.27. The maximum absolute atomic E-state index is 9.54. The molecule has 0 amide bonds. The monoisotopic (exact) mass is 371 g/mol. The van der Waals surface area contributed by atoms with Crippen molar-refractivity contribution in [2.24, 2.45) is 0 Å². The quantitative estimate of drug-likeness (QED) is 0.557. The van der Waals surface area contributed by atoms with Gasteiger partial charge in [0, 0.05) is 5.56 Å². The fourth-order valence-corrected chi connectivity index (χ4v) is 2.90. The van der Waals surface area contributed by atoms with Crippen LogP contribution in [0.4, 0.5) is 5.95 Å². The summed E-state index contributed by atoms with van der Waals surface area (Å²) >= 11 is 0. The molecule has 3 N–H and O–H groups in total. The minimum absolute atomic E-state index is 0.198. The van der Waals surface area contributed by atoms with Crippen LogP contribution in [0.25, 0.3) is 17.1 Å². The standard InChI is InChI=1S/C20H17N7O/c1-13-17(11-21)18(27(26-13)15-5-3-2-4-6-15)12-28-16-9-7-14(8-10-16)19-23-20(22)25-24-19/h2-10H,12H2,1H3,(H3,22,23,24,25). The summed E-state index contributed by atoms with van der Waals surface area (Å²) < 4.78 is 7.67. The fourth-order valence-electron chi connectivity index (χ4n) is 2.90. The number of nitriles is 1. The molecule has 8 nitrogen and oxygen atoms in total. The molecular formula is C20H17N7O. The van der Waals surface area contributed by atoms with Gasteiger partial charge in [0.05, 0.1) is 17.1 Å². The van der Waals surface area contributed by atoms with Gasteiger partial charge in [0.2, 0.25) is 5.95 Å². The van der Waals surface area contributed by atoms with E-state index in [0.717, 1.165) is 11.3 Å². The predicted octanol–water partition coefficient (Wildman–Crippen LogP) is 3.00. The minimum Gasteiger partial charge on any atom is -0.487 e. The van der Waals surface area contributed by atoms with Gasteiger partial charge in [-0.3, -0.25) is 5.10 Å². The lowest BCUT2D eigenvalue weighted by molar-refractivity contribution is 0.297. The van der Waals surface area contributed by atoms with Gasteiger partial charge in [-0.2, -0.15) is 15.3 Å². The minimum atomic E-state index is 0.198. The molecular weight excluding hydrogens is 354 g/mol. The Labute approximate surface area is 161 Å². The van der Waals surface area contributed by atoms with Crippen molar-refractivity contribution in [2.45, 2.75) is 13.5 Å². The summed E-state index contributed by atoms with van der Waals surface area (Å²) in [4.78, 5) is 4.10. The highest BCUT2D eigenvalue weighted by atomic mass is 16.5. The predicted molar refractivity (Wildman–Crippen MR) is 104 cm³/mol. The number of nitrogens with two attached hydrogens (primary N) is 1. The third kappa shape index (κ3) is 3.29. The van der Waals surface area contributed by atoms with Gasteiger partial charge < -0.3 is 10.5 Å². The topological polar surface area (TPSA) is 118 Å². The van der Waals surface area contributed by atoms with Crippen molar-refractivity contribution in [1.29, 1.82) is 5.26 Å². The molecule has 0 saturated carbocycles. The van der Waals surface area contributed by atoms with Crippen LogP contribution < -0.4 is 10.5 Å². The highest BCUT2D eigenvalue weighted by Crippen LogP contribution is 2.23. The van der Waals surface area contributed by atoms with Crippen LogP contribution in [0, 0.1) is 18.3 Å². The number of hydrogen-bond donors (Lipinski definition) is 2. The number of ether oxygens (including phenoxy) is 1. The fraction of sp³-hybridized carbons (Fsp3) is 0.100. The van der Waals surface area contributed by atoms with E-state index in [2.05, 4.69) is 26.3 Å². The number of nitrogens with zero attached hydrogens (tertiary/aromatic N) is 5. The molecule has 0 saturated heterocycles. The Morgan fingerprint density at radius 3 is 2.54 bits per heavy atom. The van der Waals surface area contributed by atoms with Gasteiger partial charge in [-0.25, -0.2) is 4.68 Å². The lowest BCUT2D eigenvalue weighted by Crippen LogP contribution is -2.07. The van der Waals surface area contributed by atoms with Crippen LogP contribution in [-0.2, 0) is 6.61 Å². The Morgan fingerprint density at radius 1 is 1.14 bits per heavy atom. The Kier molecular flexibility index (Phi) is 4.48. The van der Waals surface area contributed by atoms with E-state index in [-0.39, 0.29) is 12.6 Å². The molecule has 4 aromatic rings. The molecule has 138 valence electrons. The SMILES string of the molecule is Cc1nn(-c2ccccc2)c(COc2ccc(-c3nc(N)n[nH]3)cc2)c1C#N. The molecule has 0 bridgehead atoms. The van der Waals surface area contributed by atoms with Gasteiger partial charge >= 0.3 is 0 Å². The number of aromatic nitrogens is 5. The molecule has 8 heteroatoms. The number of para-hydroxylation sites is 1. The molecule has 2 heterocycles. The maximum atomic E-state index is 9.54. The first-order valence-electron chi connectivity index (χ1n) is 8.61. The largest absolute Gasteiger partial charge is 0.487 e. The van der Waals surface area contributed by atoms with Gasteiger partial charge in [0.15, 0.2) is 5.82 Å². The van der Waals surface area contributed by atoms with Crippen LogP contribution in [0.15, 0.2) is 54.6 Å². The van der Waals surface area contributed by atoms with E-state index in [0.29, 0.717) is 28.5 Å². The second-order valence-corrected chi connectivity index (χ2v) is 6.12. The smallest absolute Gasteiger partial charge is 0.239 e. The molecule has 0 radical (unpaired) electrons. The average molecular weight is 371 g/mol. The zero-order valence-electron chi connectivity index (χ0n) is 15.1. The molecule has 0 fully saturated rings. The van der Waals surface area contributed by atoms with Crippen molar-refractivity contribution in [3.05, 3.63) is 71.5 Å². The number of benzene rings is 2. The van der Waals surface area contributed by atoms with E-state index in [9.17, 15) is 5.26 Å². The number of rotatable bonds is 5. The molecule has 2 aromatic carbocycles. The van der Waals surface area contributed by atoms with Crippen LogP contribution in [0.2, 0.25) is 0 Å². The number of nitrogen functional groups attached to an aromatic ring is 1. The zero-order valence-corrected chi connectivity index (χ0v) is 15.1. The molecule has 0 aliphatic rings. The molecule has 4 rings (SSSR count). The highest BCUT2D eigenvalue weighted by Gasteiger charge is 2.17. The lowest BCUT2D eigenvalue weighted by atomic mass is 10.2. The van der Waals surface area contributed by atoms with E-state index in [1.165, 1.54) is 0 Å². The first-order chi connectivity index (χ1) is 13.7. The summed E-state index contributed by atoms with van der Waals surface area (Å²) in [5.74, 6) is 1.45. The van der Waals surface area contributed by atoms with Gasteiger partial charge in [-0.15, -0.1) is 5.10 Å². The molecule has 28 heavy (non-hydrogen) atoms. The second-order valence-electron chi connectivity index (χ2n) is 6.12. The van der Waals surface area contributed by atoms with Gasteiger partial charge in [-0.1, -0.05) is 18.2 Å². The molecule has 0 aliphatic heterocycles. The second kappa shape index (κ2) is 7.25. The lowest BCUT2D eigenvalue weighted by Gasteiger charge is -2.10. The summed E-state index contributed by atoms with van der Waals surface area (Å²) in [7, 11) is 0. The van der Waals surface area contributed by atoms with Crippen LogP contribution in [0.3, 0.4) is 0 Å². The van der Waals surface area contributed by atoms with E-state index in [4.69, 9.17) is 10.5 Å². The molecule has 0 aliphatic carbocycles. The molecule has 0 spiro atoms. The Balaban J connectivity index is 1.57. The van der Waals surface area contributed by atoms with Crippen LogP contribution in [0.1, 0.15) is 17.0 Å². The van der Waals surface area contributed by atoms with Crippen molar-refractivity contribution >= 4 is 5.95 Å². The first kappa shape index (κ1) is 17.3. The summed E-state index contributed by atoms with van der Waals surface area (Å²) in [5, 5.41) is 20.6. The van der Waals surface area contributed by atoms with E-state index < -0.39 is 0 Å². The number of H-pyrrole nitrogens is 1. The Morgan fingerprint density at radius 2 is 1.89 bits per heavy atom. The number of hydrogen-bond acceptors (Lipinski definition) is 6. The molecule has 0 atom stereocenters. The maximum Gasteiger partial charge on any atom is 0.239 e. The third-order valence-electron chi connectivity index (χ3n) is 4.27. The van der Waals surface area contributed by atoms with Crippen molar-refractivity contribution in [3.8, 4) is 28.9 Å². The zero-order chi connectivity index (χ0) is 19.5. The molecule has 0 unspecified atom stereocenters. The van der Waals surface area contributed by atoms with Crippen molar-refractivity contribution < 1.29 is 4.74 Å². The van der Waals surface area contributed by atoms with Crippen LogP contribution in [0.5, 0.6) is 5.75 Å². The Hall–Kier alpha value is -4.12. The number of anilines is 1. The van der Waals surface area contributed by atoms with Crippen LogP contribution >= 0.6 is 0 Å². The van der Waals surface area contributed by atoms with Crippen molar-refractivity contribution in [2.75, 3.05) is 5.73 Å². The summed E-state index contributed by atoms with van der Waals surface area (Å²) in [6, 6.07) is 19.3. The van der Waals surface area contributed by atoms with E-state index in [1.807, 2.05) is 61.5 Å². The summed E-state index contributed by atoms with van der Waals surface area (Å²) in [5.41, 5.74) is 9.16. The van der Waals surface area contributed by atoms with Gasteiger partial charge in [0.1, 0.15) is 24.0 Å². The highest BCUT2D eigenvalue weighted by molar-refractivity contribution is 5.57. The first-order valence-corrected chi connectivity index (χ1v) is 8.61. The average Bonchev–Trinajstić information content (AvgIpc) is 3.30. The van der Waals surface area contributed by atoms with E-state index in [1.54, 1.807) is 4.68 Å².